The second-order valence-electron chi connectivity index (χ2n) is 7.26. The highest BCUT2D eigenvalue weighted by atomic mass is 79.9. The number of halogens is 2. The Labute approximate surface area is 166 Å². The molecule has 0 N–H and O–H groups in total. The van der Waals surface area contributed by atoms with Crippen LogP contribution >= 0.6 is 27.5 Å². The van der Waals surface area contributed by atoms with E-state index in [1.165, 1.54) is 5.56 Å². The van der Waals surface area contributed by atoms with Crippen LogP contribution in [0.3, 0.4) is 0 Å². The molecule has 136 valence electrons. The summed E-state index contributed by atoms with van der Waals surface area (Å²) in [5, 5.41) is 11.2. The highest BCUT2D eigenvalue weighted by Crippen LogP contribution is 2.45. The molecule has 6 heteroatoms. The number of hydrogen-bond acceptors (Lipinski definition) is 3. The summed E-state index contributed by atoms with van der Waals surface area (Å²) in [5.41, 5.74) is 3.23. The van der Waals surface area contributed by atoms with Crippen molar-refractivity contribution in [1.29, 1.82) is 0 Å². The normalized spacial score (nSPS) is 25.4. The van der Waals surface area contributed by atoms with E-state index in [-0.39, 0.29) is 21.9 Å². The van der Waals surface area contributed by atoms with Gasteiger partial charge >= 0.3 is 0 Å². The average molecular weight is 436 g/mol. The van der Waals surface area contributed by atoms with Gasteiger partial charge in [-0.1, -0.05) is 40.2 Å². The number of fused-ring (bicyclic) bond motifs is 2. The monoisotopic (exact) mass is 434 g/mol. The van der Waals surface area contributed by atoms with Crippen molar-refractivity contribution in [2.45, 2.75) is 37.2 Å². The van der Waals surface area contributed by atoms with E-state index in [2.05, 4.69) is 39.0 Å². The van der Waals surface area contributed by atoms with Crippen LogP contribution in [-0.2, 0) is 13.0 Å². The molecule has 2 aromatic rings. The molecule has 1 saturated heterocycles. The van der Waals surface area contributed by atoms with Crippen LogP contribution in [0.5, 0.6) is 0 Å². The minimum atomic E-state index is -0.308. The number of hydrogen-bond donors (Lipinski definition) is 0. The van der Waals surface area contributed by atoms with E-state index in [1.54, 1.807) is 12.1 Å². The Morgan fingerprint density at radius 1 is 1.23 bits per heavy atom. The zero-order valence-corrected chi connectivity index (χ0v) is 16.6. The Morgan fingerprint density at radius 2 is 2.04 bits per heavy atom. The van der Waals surface area contributed by atoms with Gasteiger partial charge in [0.1, 0.15) is 0 Å². The maximum Gasteiger partial charge on any atom is 0.274 e. The minimum absolute atomic E-state index is 0.175. The lowest BCUT2D eigenvalue weighted by molar-refractivity contribution is -0.385. The van der Waals surface area contributed by atoms with Crippen LogP contribution in [0.1, 0.15) is 34.9 Å². The molecule has 1 aliphatic carbocycles. The van der Waals surface area contributed by atoms with Gasteiger partial charge in [-0.05, 0) is 48.4 Å². The van der Waals surface area contributed by atoms with Gasteiger partial charge in [-0.15, -0.1) is 11.6 Å². The molecule has 0 saturated carbocycles. The van der Waals surface area contributed by atoms with Crippen LogP contribution in [-0.4, -0.2) is 22.4 Å². The van der Waals surface area contributed by atoms with Crippen LogP contribution in [0.15, 0.2) is 46.9 Å². The predicted octanol–water partition coefficient (Wildman–Crippen LogP) is 5.47. The van der Waals surface area contributed by atoms with Crippen molar-refractivity contribution < 1.29 is 4.92 Å². The van der Waals surface area contributed by atoms with Crippen molar-refractivity contribution in [3.05, 3.63) is 73.7 Å². The first-order valence-corrected chi connectivity index (χ1v) is 10.1. The summed E-state index contributed by atoms with van der Waals surface area (Å²) >= 11 is 10.4. The SMILES string of the molecule is O=[N+]([O-])c1cccc2c1C(Cl)C1CCC(C2)N(Cc2cccc(Br)c2)C1. The van der Waals surface area contributed by atoms with Crippen molar-refractivity contribution in [2.75, 3.05) is 6.54 Å². The van der Waals surface area contributed by atoms with Crippen LogP contribution in [0.2, 0.25) is 0 Å². The number of nitro groups is 1. The van der Waals surface area contributed by atoms with Crippen LogP contribution in [0.4, 0.5) is 5.69 Å². The Balaban J connectivity index is 1.67. The van der Waals surface area contributed by atoms with E-state index >= 15 is 0 Å². The van der Waals surface area contributed by atoms with Gasteiger partial charge in [0.25, 0.3) is 5.69 Å². The summed E-state index contributed by atoms with van der Waals surface area (Å²) < 4.78 is 1.09. The Bertz CT molecular complexity index is 844. The molecule has 2 heterocycles. The fourth-order valence-electron chi connectivity index (χ4n) is 4.41. The summed E-state index contributed by atoms with van der Waals surface area (Å²) in [4.78, 5) is 13.7. The van der Waals surface area contributed by atoms with E-state index in [4.69, 9.17) is 11.6 Å². The second kappa shape index (κ2) is 7.29. The maximum atomic E-state index is 11.5. The minimum Gasteiger partial charge on any atom is -0.295 e. The van der Waals surface area contributed by atoms with Gasteiger partial charge in [-0.25, -0.2) is 0 Å². The molecule has 2 aliphatic heterocycles. The lowest BCUT2D eigenvalue weighted by atomic mass is 9.79. The van der Waals surface area contributed by atoms with Crippen molar-refractivity contribution in [3.8, 4) is 0 Å². The summed E-state index contributed by atoms with van der Waals surface area (Å²) in [6.07, 6.45) is 2.93. The summed E-state index contributed by atoms with van der Waals surface area (Å²) in [6.45, 7) is 1.77. The van der Waals surface area contributed by atoms with E-state index in [0.717, 1.165) is 48.0 Å². The molecule has 2 aromatic carbocycles. The molecule has 26 heavy (non-hydrogen) atoms. The Kier molecular flexibility index (Phi) is 5.04. The van der Waals surface area contributed by atoms with Gasteiger partial charge in [0.15, 0.2) is 0 Å². The highest BCUT2D eigenvalue weighted by molar-refractivity contribution is 9.10. The third-order valence-corrected chi connectivity index (χ3v) is 6.71. The molecule has 0 aromatic heterocycles. The van der Waals surface area contributed by atoms with Gasteiger partial charge < -0.3 is 0 Å². The van der Waals surface area contributed by atoms with E-state index < -0.39 is 0 Å². The molecular weight excluding hydrogens is 416 g/mol. The number of benzene rings is 2. The van der Waals surface area contributed by atoms with Gasteiger partial charge in [0.05, 0.1) is 15.9 Å². The molecule has 5 rings (SSSR count). The van der Waals surface area contributed by atoms with Crippen molar-refractivity contribution >= 4 is 33.2 Å². The van der Waals surface area contributed by atoms with Crippen LogP contribution < -0.4 is 0 Å². The molecule has 3 aliphatic rings. The van der Waals surface area contributed by atoms with Crippen molar-refractivity contribution in [2.24, 2.45) is 5.92 Å². The van der Waals surface area contributed by atoms with Gasteiger partial charge in [-0.2, -0.15) is 0 Å². The van der Waals surface area contributed by atoms with Gasteiger partial charge in [0.2, 0.25) is 0 Å². The summed E-state index contributed by atoms with van der Waals surface area (Å²) in [5.74, 6) is 0.236. The standard InChI is InChI=1S/C20H20BrClN2O2/c21-16-5-1-3-13(9-16)11-23-12-15-7-8-17(23)10-14-4-2-6-18(24(25)26)19(14)20(15)22/h1-6,9,15,17,20H,7-8,10-12H2. The summed E-state index contributed by atoms with van der Waals surface area (Å²) in [6, 6.07) is 14.2. The van der Waals surface area contributed by atoms with Gasteiger partial charge in [-0.3, -0.25) is 15.0 Å². The maximum absolute atomic E-state index is 11.5. The molecule has 2 bridgehead atoms. The van der Waals surface area contributed by atoms with E-state index in [9.17, 15) is 10.1 Å². The molecule has 4 nitrogen and oxygen atoms in total. The molecule has 0 radical (unpaired) electrons. The lowest BCUT2D eigenvalue weighted by Gasteiger charge is -2.44. The largest absolute Gasteiger partial charge is 0.295 e. The average Bonchev–Trinajstić information content (AvgIpc) is 2.61. The predicted molar refractivity (Wildman–Crippen MR) is 106 cm³/mol. The lowest BCUT2D eigenvalue weighted by Crippen LogP contribution is -2.46. The zero-order chi connectivity index (χ0) is 18.3. The number of alkyl halides is 1. The molecule has 0 amide bonds. The number of rotatable bonds is 3. The molecular formula is C20H20BrClN2O2. The Hall–Kier alpha value is -1.43. The van der Waals surface area contributed by atoms with Crippen molar-refractivity contribution in [3.63, 3.8) is 0 Å². The number of piperidine rings is 1. The highest BCUT2D eigenvalue weighted by Gasteiger charge is 2.39. The quantitative estimate of drug-likeness (QED) is 0.365. The molecule has 3 atom stereocenters. The molecule has 0 spiro atoms. The molecule has 1 fully saturated rings. The van der Waals surface area contributed by atoms with Gasteiger partial charge in [0, 0.05) is 29.7 Å². The fourth-order valence-corrected chi connectivity index (χ4v) is 5.31. The van der Waals surface area contributed by atoms with Crippen LogP contribution in [0, 0.1) is 16.0 Å². The summed E-state index contributed by atoms with van der Waals surface area (Å²) in [7, 11) is 0. The van der Waals surface area contributed by atoms with Crippen molar-refractivity contribution in [1.82, 2.24) is 4.90 Å². The van der Waals surface area contributed by atoms with E-state index in [1.807, 2.05) is 12.1 Å². The first-order chi connectivity index (χ1) is 12.5. The van der Waals surface area contributed by atoms with Crippen LogP contribution in [0.25, 0.3) is 0 Å². The first-order valence-electron chi connectivity index (χ1n) is 8.91. The number of nitrogens with zero attached hydrogens (tertiary/aromatic N) is 2. The first kappa shape index (κ1) is 18.0. The zero-order valence-electron chi connectivity index (χ0n) is 14.3. The third kappa shape index (κ3) is 3.40. The molecule has 3 unspecified atom stereocenters. The Morgan fingerprint density at radius 3 is 2.81 bits per heavy atom. The topological polar surface area (TPSA) is 46.4 Å². The van der Waals surface area contributed by atoms with E-state index in [0.29, 0.717) is 6.04 Å². The fraction of sp³-hybridized carbons (Fsp3) is 0.400. The number of nitro benzene ring substituents is 1. The third-order valence-electron chi connectivity index (χ3n) is 5.65. The second-order valence-corrected chi connectivity index (χ2v) is 8.65. The smallest absolute Gasteiger partial charge is 0.274 e.